The van der Waals surface area contributed by atoms with Crippen molar-refractivity contribution in [2.24, 2.45) is 0 Å². The molecule has 2 aliphatic heterocycles. The molecule has 180 valence electrons. The largest absolute Gasteiger partial charge is 0.359 e. The number of aromatic nitrogens is 4. The number of piperidine rings is 1. The Balaban J connectivity index is 1.34. The fourth-order valence-electron chi connectivity index (χ4n) is 4.29. The van der Waals surface area contributed by atoms with E-state index in [1.807, 2.05) is 13.8 Å². The monoisotopic (exact) mass is 477 g/mol. The number of benzene rings is 1. The highest BCUT2D eigenvalue weighted by molar-refractivity contribution is 6.06. The van der Waals surface area contributed by atoms with Crippen molar-refractivity contribution in [1.82, 2.24) is 30.4 Å². The van der Waals surface area contributed by atoms with Gasteiger partial charge in [0.25, 0.3) is 11.8 Å². The third-order valence-electron chi connectivity index (χ3n) is 6.15. The summed E-state index contributed by atoms with van der Waals surface area (Å²) < 4.78 is 6.71. The molecule has 12 nitrogen and oxygen atoms in total. The number of hydrogen-bond donors (Lipinski definition) is 2. The maximum Gasteiger partial charge on any atom is 0.278 e. The van der Waals surface area contributed by atoms with Gasteiger partial charge in [-0.25, -0.2) is 4.68 Å². The number of anilines is 1. The molecule has 2 N–H and O–H groups in total. The normalized spacial score (nSPS) is 17.7. The summed E-state index contributed by atoms with van der Waals surface area (Å²) in [6, 6.07) is 4.51. The summed E-state index contributed by atoms with van der Waals surface area (Å²) in [6.45, 7) is 5.88. The molecule has 1 fully saturated rings. The molecule has 4 amide bonds. The van der Waals surface area contributed by atoms with E-state index in [9.17, 15) is 19.2 Å². The number of nitrogens with zero attached hydrogens (tertiary/aromatic N) is 5. The zero-order valence-corrected chi connectivity index (χ0v) is 19.4. The highest BCUT2D eigenvalue weighted by Gasteiger charge is 2.39. The zero-order valence-electron chi connectivity index (χ0n) is 19.4. The minimum absolute atomic E-state index is 0.0332. The highest BCUT2D eigenvalue weighted by atomic mass is 16.5. The number of carbonyl (C=O) groups is 4. The molecular formula is C23H23N7O5. The molecule has 5 rings (SSSR count). The predicted molar refractivity (Wildman–Crippen MR) is 121 cm³/mol. The Morgan fingerprint density at radius 2 is 2.06 bits per heavy atom. The van der Waals surface area contributed by atoms with Crippen LogP contribution in [0.5, 0.6) is 0 Å². The predicted octanol–water partition coefficient (Wildman–Crippen LogP) is 1.70. The average molecular weight is 477 g/mol. The average Bonchev–Trinajstić information content (AvgIpc) is 3.52. The molecule has 0 bridgehead atoms. The van der Waals surface area contributed by atoms with Crippen molar-refractivity contribution < 1.29 is 23.7 Å². The van der Waals surface area contributed by atoms with Crippen LogP contribution in [0.2, 0.25) is 0 Å². The molecule has 0 aliphatic carbocycles. The van der Waals surface area contributed by atoms with E-state index in [1.165, 1.54) is 15.8 Å². The van der Waals surface area contributed by atoms with E-state index in [-0.39, 0.29) is 36.4 Å². The van der Waals surface area contributed by atoms with Gasteiger partial charge in [0, 0.05) is 24.4 Å². The highest BCUT2D eigenvalue weighted by Crippen LogP contribution is 2.30. The van der Waals surface area contributed by atoms with Crippen LogP contribution in [-0.2, 0) is 16.1 Å². The number of aryl methyl sites for hydroxylation is 1. The van der Waals surface area contributed by atoms with Crippen LogP contribution in [0.15, 0.2) is 28.9 Å². The summed E-state index contributed by atoms with van der Waals surface area (Å²) >= 11 is 0. The number of fused-ring (bicyclic) bond motifs is 1. The topological polar surface area (TPSA) is 152 Å². The molecule has 2 aliphatic rings. The molecule has 2 aromatic heterocycles. The lowest BCUT2D eigenvalue weighted by molar-refractivity contribution is -0.136. The van der Waals surface area contributed by atoms with E-state index in [2.05, 4.69) is 26.1 Å². The lowest BCUT2D eigenvalue weighted by Gasteiger charge is -2.29. The van der Waals surface area contributed by atoms with Crippen LogP contribution in [0, 0.1) is 6.92 Å². The first-order valence-corrected chi connectivity index (χ1v) is 11.2. The lowest BCUT2D eigenvalue weighted by Crippen LogP contribution is -2.52. The molecule has 3 aromatic rings. The number of hydrogen-bond acceptors (Lipinski definition) is 8. The SMILES string of the molecule is Cc1noc(C(C)C)c1NC(=O)c1cn(-c2ccc3c(c2)C(=O)N(C2CCC(=O)NC2=O)C3)nn1. The van der Waals surface area contributed by atoms with Crippen molar-refractivity contribution in [3.63, 3.8) is 0 Å². The molecule has 1 saturated heterocycles. The standard InChI is InChI=1S/C23H23N7O5/c1-11(2)20-19(12(3)27-35-20)25-21(32)16-10-30(28-26-16)14-5-4-13-9-29(23(34)15(13)8-14)17-6-7-18(31)24-22(17)33/h4-5,8,10-11,17H,6-7,9H2,1-3H3,(H,25,32)(H,24,31,33). The molecule has 0 radical (unpaired) electrons. The first-order chi connectivity index (χ1) is 16.7. The number of rotatable bonds is 5. The Hall–Kier alpha value is -4.35. The Morgan fingerprint density at radius 1 is 1.26 bits per heavy atom. The van der Waals surface area contributed by atoms with Gasteiger partial charge in [-0.2, -0.15) is 0 Å². The van der Waals surface area contributed by atoms with Crippen LogP contribution < -0.4 is 10.6 Å². The minimum atomic E-state index is -0.686. The summed E-state index contributed by atoms with van der Waals surface area (Å²) in [5.74, 6) is -0.947. The van der Waals surface area contributed by atoms with Gasteiger partial charge in [0.15, 0.2) is 11.5 Å². The van der Waals surface area contributed by atoms with E-state index in [0.717, 1.165) is 5.56 Å². The number of nitrogens with one attached hydrogen (secondary N) is 2. The second kappa shape index (κ2) is 8.46. The Kier molecular flexibility index (Phi) is 5.42. The molecule has 4 heterocycles. The summed E-state index contributed by atoms with van der Waals surface area (Å²) in [6.07, 6.45) is 1.95. The van der Waals surface area contributed by atoms with Crippen LogP contribution in [0.4, 0.5) is 5.69 Å². The molecule has 1 unspecified atom stereocenters. The van der Waals surface area contributed by atoms with Crippen molar-refractivity contribution in [2.45, 2.75) is 52.1 Å². The molecule has 35 heavy (non-hydrogen) atoms. The van der Waals surface area contributed by atoms with Gasteiger partial charge in [-0.05, 0) is 31.0 Å². The third kappa shape index (κ3) is 3.96. The van der Waals surface area contributed by atoms with Crippen molar-refractivity contribution in [2.75, 3.05) is 5.32 Å². The molecule has 1 atom stereocenters. The van der Waals surface area contributed by atoms with Crippen molar-refractivity contribution in [3.05, 3.63) is 52.7 Å². The van der Waals surface area contributed by atoms with Crippen molar-refractivity contribution in [3.8, 4) is 5.69 Å². The molecule has 1 aromatic carbocycles. The quantitative estimate of drug-likeness (QED) is 0.527. The van der Waals surface area contributed by atoms with Gasteiger partial charge < -0.3 is 14.7 Å². The first-order valence-electron chi connectivity index (χ1n) is 11.2. The maximum absolute atomic E-state index is 13.1. The second-order valence-electron chi connectivity index (χ2n) is 8.91. The molecule has 0 saturated carbocycles. The second-order valence-corrected chi connectivity index (χ2v) is 8.91. The number of imide groups is 1. The number of amides is 4. The van der Waals surface area contributed by atoms with Crippen LogP contribution in [0.3, 0.4) is 0 Å². The van der Waals surface area contributed by atoms with Gasteiger partial charge in [0.2, 0.25) is 11.8 Å². The summed E-state index contributed by atoms with van der Waals surface area (Å²) in [5.41, 5.74) is 2.90. The Morgan fingerprint density at radius 3 is 2.80 bits per heavy atom. The fourth-order valence-corrected chi connectivity index (χ4v) is 4.29. The smallest absolute Gasteiger partial charge is 0.278 e. The van der Waals surface area contributed by atoms with Crippen LogP contribution in [0.25, 0.3) is 5.69 Å². The van der Waals surface area contributed by atoms with Crippen LogP contribution in [0.1, 0.15) is 70.5 Å². The summed E-state index contributed by atoms with van der Waals surface area (Å²) in [4.78, 5) is 51.0. The zero-order chi connectivity index (χ0) is 24.9. The Bertz CT molecular complexity index is 1370. The van der Waals surface area contributed by atoms with Gasteiger partial charge in [0.1, 0.15) is 17.4 Å². The van der Waals surface area contributed by atoms with Gasteiger partial charge in [-0.1, -0.05) is 30.3 Å². The van der Waals surface area contributed by atoms with Gasteiger partial charge >= 0.3 is 0 Å². The fraction of sp³-hybridized carbons (Fsp3) is 0.348. The van der Waals surface area contributed by atoms with Crippen LogP contribution in [-0.4, -0.2) is 54.7 Å². The van der Waals surface area contributed by atoms with Crippen molar-refractivity contribution >= 4 is 29.3 Å². The molecule has 0 spiro atoms. The lowest BCUT2D eigenvalue weighted by atomic mass is 10.0. The van der Waals surface area contributed by atoms with Gasteiger partial charge in [-0.15, -0.1) is 5.10 Å². The summed E-state index contributed by atoms with van der Waals surface area (Å²) in [7, 11) is 0. The van der Waals surface area contributed by atoms with Crippen molar-refractivity contribution in [1.29, 1.82) is 0 Å². The molecule has 12 heteroatoms. The third-order valence-corrected chi connectivity index (χ3v) is 6.15. The van der Waals surface area contributed by atoms with Gasteiger partial charge in [0.05, 0.1) is 11.9 Å². The van der Waals surface area contributed by atoms with E-state index in [1.54, 1.807) is 25.1 Å². The maximum atomic E-state index is 13.1. The van der Waals surface area contributed by atoms with E-state index >= 15 is 0 Å². The van der Waals surface area contributed by atoms with Gasteiger partial charge in [-0.3, -0.25) is 24.5 Å². The summed E-state index contributed by atoms with van der Waals surface area (Å²) in [5, 5.41) is 17.0. The number of carbonyl (C=O) groups excluding carboxylic acids is 4. The van der Waals surface area contributed by atoms with Crippen LogP contribution >= 0.6 is 0 Å². The first kappa shape index (κ1) is 22.4. The van der Waals surface area contributed by atoms with E-state index in [0.29, 0.717) is 34.8 Å². The Labute approximate surface area is 199 Å². The van der Waals surface area contributed by atoms with E-state index < -0.39 is 17.9 Å². The van der Waals surface area contributed by atoms with E-state index in [4.69, 9.17) is 4.52 Å². The minimum Gasteiger partial charge on any atom is -0.359 e. The molecular weight excluding hydrogens is 454 g/mol.